The molecular weight excluding hydrogens is 180 g/mol. The summed E-state index contributed by atoms with van der Waals surface area (Å²) < 4.78 is 0. The minimum atomic E-state index is -0.272. The van der Waals surface area contributed by atoms with Gasteiger partial charge in [0.05, 0.1) is 0 Å². The molecule has 2 N–H and O–H groups in total. The second-order valence-electron chi connectivity index (χ2n) is 3.29. The first-order valence-corrected chi connectivity index (χ1v) is 4.17. The predicted molar refractivity (Wildman–Crippen MR) is 66.9 cm³/mol. The molecule has 0 saturated carbocycles. The summed E-state index contributed by atoms with van der Waals surface area (Å²) in [4.78, 5) is 2.76. The zero-order chi connectivity index (χ0) is 11.3. The SMILES string of the molecule is [B]c1[nH]c2c([B])c([B])c(O)c([B])c2c1[B]. The minimum Gasteiger partial charge on any atom is -0.509 e. The summed E-state index contributed by atoms with van der Waals surface area (Å²) in [5.41, 5.74) is 1.21. The molecule has 0 aliphatic rings. The van der Waals surface area contributed by atoms with E-state index in [1.807, 2.05) is 0 Å². The van der Waals surface area contributed by atoms with Crippen molar-refractivity contribution in [3.05, 3.63) is 0 Å². The Morgan fingerprint density at radius 1 is 0.800 bits per heavy atom. The molecule has 60 valence electrons. The van der Waals surface area contributed by atoms with Crippen LogP contribution in [0.2, 0.25) is 0 Å². The summed E-state index contributed by atoms with van der Waals surface area (Å²) >= 11 is 0. The van der Waals surface area contributed by atoms with Crippen molar-refractivity contribution >= 4 is 77.6 Å². The Hall–Kier alpha value is -1.12. The normalized spacial score (nSPS) is 10.9. The Labute approximate surface area is 93.9 Å². The van der Waals surface area contributed by atoms with Gasteiger partial charge in [0, 0.05) is 5.52 Å². The van der Waals surface area contributed by atoms with Gasteiger partial charge in [0.25, 0.3) is 0 Å². The standard InChI is InChI=1S/C8H2B5NO/c9-2-1-3(10)8(13)14-6(1)4(11)5(12)7(2)15/h14-15H. The Morgan fingerprint density at radius 3 is 2.00 bits per heavy atom. The molecule has 1 heterocycles. The summed E-state index contributed by atoms with van der Waals surface area (Å²) in [6, 6.07) is 0. The number of aromatic amines is 1. The predicted octanol–water partition coefficient (Wildman–Crippen LogP) is -4.16. The third-order valence-electron chi connectivity index (χ3n) is 2.41. The molecule has 0 atom stereocenters. The number of rotatable bonds is 0. The Morgan fingerprint density at radius 2 is 1.40 bits per heavy atom. The van der Waals surface area contributed by atoms with E-state index < -0.39 is 0 Å². The molecular formula is C8H2B5NO. The van der Waals surface area contributed by atoms with E-state index >= 15 is 0 Å². The van der Waals surface area contributed by atoms with E-state index in [-0.39, 0.29) is 33.2 Å². The van der Waals surface area contributed by atoms with Crippen molar-refractivity contribution in [2.75, 3.05) is 0 Å². The highest BCUT2D eigenvalue weighted by Gasteiger charge is 2.13. The van der Waals surface area contributed by atoms with Gasteiger partial charge >= 0.3 is 0 Å². The summed E-state index contributed by atoms with van der Waals surface area (Å²) in [6.07, 6.45) is 0. The van der Waals surface area contributed by atoms with Crippen LogP contribution in [-0.2, 0) is 0 Å². The van der Waals surface area contributed by atoms with E-state index in [0.29, 0.717) is 10.9 Å². The van der Waals surface area contributed by atoms with Gasteiger partial charge in [-0.05, 0) is 16.4 Å². The highest BCUT2D eigenvalue weighted by Crippen LogP contribution is 2.07. The molecule has 0 unspecified atom stereocenters. The quantitative estimate of drug-likeness (QED) is 0.399. The fourth-order valence-corrected chi connectivity index (χ4v) is 1.54. The molecule has 0 bridgehead atoms. The molecule has 0 fully saturated rings. The van der Waals surface area contributed by atoms with Gasteiger partial charge in [0.1, 0.15) is 45.0 Å². The van der Waals surface area contributed by atoms with Crippen molar-refractivity contribution in [2.24, 2.45) is 0 Å². The molecule has 0 saturated heterocycles. The van der Waals surface area contributed by atoms with E-state index in [2.05, 4.69) is 4.98 Å². The third-order valence-corrected chi connectivity index (χ3v) is 2.41. The summed E-state index contributed by atoms with van der Waals surface area (Å²) in [5.74, 6) is -0.272. The largest absolute Gasteiger partial charge is 0.509 e. The average Bonchev–Trinajstić information content (AvgIpc) is 2.50. The van der Waals surface area contributed by atoms with Gasteiger partial charge in [0.2, 0.25) is 0 Å². The lowest BCUT2D eigenvalue weighted by Gasteiger charge is -2.11. The van der Waals surface area contributed by atoms with Gasteiger partial charge in [-0.15, -0.1) is 0 Å². The highest BCUT2D eigenvalue weighted by atomic mass is 16.3. The van der Waals surface area contributed by atoms with Crippen LogP contribution >= 0.6 is 0 Å². The van der Waals surface area contributed by atoms with Crippen LogP contribution in [0.25, 0.3) is 10.9 Å². The smallest absolute Gasteiger partial charge is 0.137 e. The Balaban J connectivity index is 3.07. The van der Waals surface area contributed by atoms with Crippen LogP contribution < -0.4 is 27.4 Å². The first-order valence-electron chi connectivity index (χ1n) is 4.17. The molecule has 0 aliphatic carbocycles. The van der Waals surface area contributed by atoms with Crippen LogP contribution in [0.3, 0.4) is 0 Å². The third kappa shape index (κ3) is 1.25. The van der Waals surface area contributed by atoms with E-state index in [0.717, 1.165) is 0 Å². The van der Waals surface area contributed by atoms with E-state index in [1.54, 1.807) is 0 Å². The fourth-order valence-electron chi connectivity index (χ4n) is 1.54. The molecule has 1 aromatic carbocycles. The van der Waals surface area contributed by atoms with Crippen molar-refractivity contribution in [1.29, 1.82) is 0 Å². The number of aromatic nitrogens is 1. The Kier molecular flexibility index (Phi) is 2.21. The maximum atomic E-state index is 9.58. The zero-order valence-electron chi connectivity index (χ0n) is 7.83. The second-order valence-corrected chi connectivity index (χ2v) is 3.29. The van der Waals surface area contributed by atoms with Crippen molar-refractivity contribution < 1.29 is 5.11 Å². The molecule has 1 aromatic heterocycles. The average molecular weight is 182 g/mol. The highest BCUT2D eigenvalue weighted by molar-refractivity contribution is 6.62. The molecule has 2 nitrogen and oxygen atoms in total. The van der Waals surface area contributed by atoms with Gasteiger partial charge in [-0.3, -0.25) is 0 Å². The number of nitrogens with one attached hydrogen (secondary N) is 1. The minimum absolute atomic E-state index is 0.0150. The van der Waals surface area contributed by atoms with Gasteiger partial charge in [-0.25, -0.2) is 0 Å². The molecule has 2 aromatic rings. The van der Waals surface area contributed by atoms with Crippen molar-refractivity contribution in [3.8, 4) is 5.75 Å². The lowest BCUT2D eigenvalue weighted by Crippen LogP contribution is -2.33. The molecule has 0 aliphatic heterocycles. The number of hydrogen-bond donors (Lipinski definition) is 2. The van der Waals surface area contributed by atoms with Crippen LogP contribution in [0.5, 0.6) is 5.75 Å². The maximum Gasteiger partial charge on any atom is 0.137 e. The van der Waals surface area contributed by atoms with Crippen LogP contribution in [0.15, 0.2) is 0 Å². The number of H-pyrrole nitrogens is 1. The summed E-state index contributed by atoms with van der Waals surface area (Å²) in [6.45, 7) is 0. The molecule has 7 heteroatoms. The topological polar surface area (TPSA) is 36.0 Å². The van der Waals surface area contributed by atoms with Crippen LogP contribution in [0.4, 0.5) is 0 Å². The van der Waals surface area contributed by atoms with Crippen molar-refractivity contribution in [2.45, 2.75) is 0 Å². The van der Waals surface area contributed by atoms with Gasteiger partial charge in [0.15, 0.2) is 0 Å². The first kappa shape index (κ1) is 10.4. The van der Waals surface area contributed by atoms with Crippen molar-refractivity contribution in [3.63, 3.8) is 0 Å². The number of phenolic OH excluding ortho intramolecular Hbond substituents is 1. The molecule has 0 spiro atoms. The van der Waals surface area contributed by atoms with Gasteiger partial charge in [-0.2, -0.15) is 0 Å². The number of hydrogen-bond acceptors (Lipinski definition) is 1. The molecule has 10 radical (unpaired) electrons. The lowest BCUT2D eigenvalue weighted by atomic mass is 9.72. The van der Waals surface area contributed by atoms with Crippen LogP contribution in [0.1, 0.15) is 0 Å². The van der Waals surface area contributed by atoms with E-state index in [4.69, 9.17) is 39.2 Å². The number of aromatic hydroxyl groups is 1. The van der Waals surface area contributed by atoms with Gasteiger partial charge < -0.3 is 10.1 Å². The fraction of sp³-hybridized carbons (Fsp3) is 0. The van der Waals surface area contributed by atoms with E-state index in [1.165, 1.54) is 0 Å². The second kappa shape index (κ2) is 3.19. The molecule has 15 heavy (non-hydrogen) atoms. The maximum absolute atomic E-state index is 9.58. The number of benzene rings is 1. The molecule has 2 rings (SSSR count). The van der Waals surface area contributed by atoms with Crippen molar-refractivity contribution in [1.82, 2.24) is 4.98 Å². The lowest BCUT2D eigenvalue weighted by molar-refractivity contribution is 0.485. The zero-order valence-corrected chi connectivity index (χ0v) is 7.83. The summed E-state index contributed by atoms with van der Waals surface area (Å²) in [7, 11) is 28.2. The van der Waals surface area contributed by atoms with Crippen LogP contribution in [0, 0.1) is 0 Å². The number of fused-ring (bicyclic) bond motifs is 1. The van der Waals surface area contributed by atoms with Crippen LogP contribution in [-0.4, -0.2) is 49.3 Å². The summed E-state index contributed by atoms with van der Waals surface area (Å²) in [5, 5.41) is 9.98. The molecule has 0 amide bonds. The van der Waals surface area contributed by atoms with Gasteiger partial charge in [-0.1, -0.05) is 16.4 Å². The van der Waals surface area contributed by atoms with E-state index in [9.17, 15) is 5.11 Å². The monoisotopic (exact) mass is 183 g/mol. The number of phenols is 1. The first-order chi connectivity index (χ1) is 6.95. The Bertz CT molecular complexity index is 562.